The van der Waals surface area contributed by atoms with Crippen molar-refractivity contribution < 1.29 is 14.3 Å². The number of alkyl carbamates (subject to hydrolysis) is 1. The molecule has 0 radical (unpaired) electrons. The quantitative estimate of drug-likeness (QED) is 0.363. The SMILES string of the molecule is CC(C)CC(NC(=O)N=[N+]=[N-])NC(=O)OCc1ccccc1. The molecule has 0 aliphatic carbocycles. The largest absolute Gasteiger partial charge is 0.445 e. The molecule has 0 fully saturated rings. The number of rotatable bonds is 6. The van der Waals surface area contributed by atoms with Gasteiger partial charge in [0.2, 0.25) is 0 Å². The average Bonchev–Trinajstić information content (AvgIpc) is 2.45. The normalized spacial score (nSPS) is 11.2. The number of nitrogens with zero attached hydrogens (tertiary/aromatic N) is 3. The number of hydrogen-bond donors (Lipinski definition) is 2. The van der Waals surface area contributed by atoms with Gasteiger partial charge in [-0.25, -0.2) is 4.79 Å². The van der Waals surface area contributed by atoms with Crippen molar-refractivity contribution in [2.75, 3.05) is 0 Å². The Balaban J connectivity index is 2.50. The van der Waals surface area contributed by atoms with E-state index in [-0.39, 0.29) is 12.5 Å². The van der Waals surface area contributed by atoms with Crippen molar-refractivity contribution in [2.24, 2.45) is 11.0 Å². The molecule has 0 saturated heterocycles. The van der Waals surface area contributed by atoms with Gasteiger partial charge in [-0.05, 0) is 23.4 Å². The lowest BCUT2D eigenvalue weighted by atomic mass is 10.1. The second kappa shape index (κ2) is 9.25. The van der Waals surface area contributed by atoms with Crippen LogP contribution in [0.25, 0.3) is 10.4 Å². The Hall–Kier alpha value is -2.73. The van der Waals surface area contributed by atoms with E-state index in [0.29, 0.717) is 6.42 Å². The standard InChI is InChI=1S/C14H19N5O3/c1-10(2)8-12(16-13(20)18-19-15)17-14(21)22-9-11-6-4-3-5-7-11/h3-7,10,12H,8-9H2,1-2H3,(H,16,20)(H,17,21). The van der Waals surface area contributed by atoms with E-state index in [1.807, 2.05) is 44.2 Å². The highest BCUT2D eigenvalue weighted by atomic mass is 16.5. The van der Waals surface area contributed by atoms with Crippen LogP contribution in [0.4, 0.5) is 9.59 Å². The third-order valence-corrected chi connectivity index (χ3v) is 2.65. The third-order valence-electron chi connectivity index (χ3n) is 2.65. The zero-order valence-electron chi connectivity index (χ0n) is 12.5. The average molecular weight is 305 g/mol. The van der Waals surface area contributed by atoms with Crippen molar-refractivity contribution in [3.63, 3.8) is 0 Å². The van der Waals surface area contributed by atoms with Gasteiger partial charge in [0, 0.05) is 10.0 Å². The van der Waals surface area contributed by atoms with Gasteiger partial charge in [0.05, 0.1) is 0 Å². The lowest BCUT2D eigenvalue weighted by Crippen LogP contribution is -2.47. The van der Waals surface area contributed by atoms with Crippen LogP contribution >= 0.6 is 0 Å². The van der Waals surface area contributed by atoms with Gasteiger partial charge in [-0.3, -0.25) is 4.79 Å². The number of nitrogens with one attached hydrogen (secondary N) is 2. The third kappa shape index (κ3) is 7.16. The van der Waals surface area contributed by atoms with Crippen LogP contribution in [-0.4, -0.2) is 18.3 Å². The molecule has 0 aliphatic heterocycles. The second-order valence-corrected chi connectivity index (χ2v) is 5.03. The van der Waals surface area contributed by atoms with Gasteiger partial charge >= 0.3 is 12.1 Å². The first kappa shape index (κ1) is 17.3. The van der Waals surface area contributed by atoms with Gasteiger partial charge in [-0.1, -0.05) is 44.2 Å². The lowest BCUT2D eigenvalue weighted by Gasteiger charge is -2.20. The topological polar surface area (TPSA) is 116 Å². The van der Waals surface area contributed by atoms with Crippen LogP contribution in [-0.2, 0) is 11.3 Å². The predicted molar refractivity (Wildman–Crippen MR) is 80.7 cm³/mol. The maximum atomic E-state index is 11.8. The summed E-state index contributed by atoms with van der Waals surface area (Å²) in [5.74, 6) is 0.214. The highest BCUT2D eigenvalue weighted by Gasteiger charge is 2.16. The van der Waals surface area contributed by atoms with Crippen molar-refractivity contribution in [3.8, 4) is 0 Å². The van der Waals surface area contributed by atoms with E-state index in [1.165, 1.54) is 0 Å². The summed E-state index contributed by atoms with van der Waals surface area (Å²) in [7, 11) is 0. The lowest BCUT2D eigenvalue weighted by molar-refractivity contribution is 0.132. The Labute approximate surface area is 128 Å². The summed E-state index contributed by atoms with van der Waals surface area (Å²) < 4.78 is 5.08. The van der Waals surface area contributed by atoms with Gasteiger partial charge in [0.1, 0.15) is 12.8 Å². The summed E-state index contributed by atoms with van der Waals surface area (Å²) in [5, 5.41) is 7.85. The number of carbonyl (C=O) groups excluding carboxylic acids is 2. The van der Waals surface area contributed by atoms with Crippen molar-refractivity contribution >= 4 is 12.1 Å². The van der Waals surface area contributed by atoms with Gasteiger partial charge < -0.3 is 15.4 Å². The molecule has 0 aliphatic rings. The number of urea groups is 1. The number of ether oxygens (including phenoxy) is 1. The van der Waals surface area contributed by atoms with E-state index >= 15 is 0 Å². The van der Waals surface area contributed by atoms with Crippen LogP contribution in [0.2, 0.25) is 0 Å². The molecular weight excluding hydrogens is 286 g/mol. The molecule has 1 aromatic carbocycles. The number of hydrogen-bond acceptors (Lipinski definition) is 3. The summed E-state index contributed by atoms with van der Waals surface area (Å²) in [4.78, 5) is 25.4. The number of azide groups is 1. The summed E-state index contributed by atoms with van der Waals surface area (Å²) in [6, 6.07) is 8.38. The Morgan fingerprint density at radius 1 is 1.27 bits per heavy atom. The van der Waals surface area contributed by atoms with E-state index in [0.717, 1.165) is 5.56 Å². The molecular formula is C14H19N5O3. The van der Waals surface area contributed by atoms with Crippen LogP contribution in [0, 0.1) is 5.92 Å². The zero-order valence-corrected chi connectivity index (χ0v) is 12.5. The Morgan fingerprint density at radius 2 is 1.95 bits per heavy atom. The first-order chi connectivity index (χ1) is 10.5. The maximum absolute atomic E-state index is 11.8. The minimum atomic E-state index is -0.850. The van der Waals surface area contributed by atoms with Crippen LogP contribution < -0.4 is 10.6 Å². The van der Waals surface area contributed by atoms with Gasteiger partial charge in [0.25, 0.3) is 0 Å². The molecule has 1 aromatic rings. The van der Waals surface area contributed by atoms with Crippen molar-refractivity contribution in [1.82, 2.24) is 10.6 Å². The number of carbonyl (C=O) groups is 2. The molecule has 2 N–H and O–H groups in total. The van der Waals surface area contributed by atoms with Crippen molar-refractivity contribution in [3.05, 3.63) is 46.3 Å². The first-order valence-electron chi connectivity index (χ1n) is 6.84. The van der Waals surface area contributed by atoms with Crippen LogP contribution in [0.1, 0.15) is 25.8 Å². The Morgan fingerprint density at radius 3 is 2.55 bits per heavy atom. The minimum Gasteiger partial charge on any atom is -0.445 e. The molecule has 0 bridgehead atoms. The number of benzene rings is 1. The van der Waals surface area contributed by atoms with E-state index in [2.05, 4.69) is 20.7 Å². The molecule has 0 aromatic heterocycles. The molecule has 118 valence electrons. The molecule has 1 rings (SSSR count). The van der Waals surface area contributed by atoms with Gasteiger partial charge in [0.15, 0.2) is 0 Å². The summed E-state index contributed by atoms with van der Waals surface area (Å²) in [6.07, 6.45) is -0.843. The smallest absolute Gasteiger partial charge is 0.409 e. The summed E-state index contributed by atoms with van der Waals surface area (Å²) >= 11 is 0. The van der Waals surface area contributed by atoms with E-state index < -0.39 is 18.3 Å². The van der Waals surface area contributed by atoms with Crippen molar-refractivity contribution in [1.29, 1.82) is 0 Å². The Kier molecular flexibility index (Phi) is 7.28. The highest BCUT2D eigenvalue weighted by Crippen LogP contribution is 2.05. The molecule has 22 heavy (non-hydrogen) atoms. The van der Waals surface area contributed by atoms with Crippen LogP contribution in [0.15, 0.2) is 35.4 Å². The summed E-state index contributed by atoms with van der Waals surface area (Å²) in [5.41, 5.74) is 9.07. The molecule has 3 amide bonds. The van der Waals surface area contributed by atoms with Crippen LogP contribution in [0.5, 0.6) is 0 Å². The summed E-state index contributed by atoms with van der Waals surface area (Å²) in [6.45, 7) is 4.00. The maximum Gasteiger partial charge on any atom is 0.409 e. The predicted octanol–water partition coefficient (Wildman–Crippen LogP) is 3.30. The van der Waals surface area contributed by atoms with Gasteiger partial charge in [-0.15, -0.1) is 0 Å². The molecule has 0 saturated carbocycles. The highest BCUT2D eigenvalue weighted by molar-refractivity contribution is 5.76. The van der Waals surface area contributed by atoms with Gasteiger partial charge in [-0.2, -0.15) is 0 Å². The fourth-order valence-electron chi connectivity index (χ4n) is 1.75. The monoisotopic (exact) mass is 305 g/mol. The second-order valence-electron chi connectivity index (χ2n) is 5.03. The molecule has 8 heteroatoms. The van der Waals surface area contributed by atoms with E-state index in [1.54, 1.807) is 0 Å². The first-order valence-corrected chi connectivity index (χ1v) is 6.84. The number of amides is 3. The molecule has 1 unspecified atom stereocenters. The van der Waals surface area contributed by atoms with E-state index in [9.17, 15) is 9.59 Å². The van der Waals surface area contributed by atoms with Crippen LogP contribution in [0.3, 0.4) is 0 Å². The van der Waals surface area contributed by atoms with E-state index in [4.69, 9.17) is 10.3 Å². The molecule has 0 heterocycles. The molecule has 0 spiro atoms. The Bertz CT molecular complexity index is 541. The fourth-order valence-corrected chi connectivity index (χ4v) is 1.75. The minimum absolute atomic E-state index is 0.130. The van der Waals surface area contributed by atoms with Crippen molar-refractivity contribution in [2.45, 2.75) is 33.0 Å². The fraction of sp³-hybridized carbons (Fsp3) is 0.429. The molecule has 8 nitrogen and oxygen atoms in total. The molecule has 1 atom stereocenters. The zero-order chi connectivity index (χ0) is 16.4.